The van der Waals surface area contributed by atoms with Gasteiger partial charge in [-0.3, -0.25) is 19.8 Å². The number of carbonyl (C=O) groups excluding carboxylic acids is 1. The van der Waals surface area contributed by atoms with Crippen molar-refractivity contribution in [1.82, 2.24) is 4.90 Å². The maximum atomic E-state index is 13.8. The Kier molecular flexibility index (Phi) is 4.85. The van der Waals surface area contributed by atoms with Gasteiger partial charge in [0, 0.05) is 29.7 Å². The van der Waals surface area contributed by atoms with Crippen LogP contribution >= 0.6 is 0 Å². The lowest BCUT2D eigenvalue weighted by molar-refractivity contribution is -0.384. The first kappa shape index (κ1) is 21.1. The zero-order valence-electron chi connectivity index (χ0n) is 19.0. The fraction of sp³-hybridized carbons (Fsp3) is 0.370. The zero-order chi connectivity index (χ0) is 23.4. The molecule has 0 aromatic heterocycles. The molecule has 6 rings (SSSR count). The fourth-order valence-electron chi connectivity index (χ4n) is 6.78. The third kappa shape index (κ3) is 2.83. The molecule has 2 fully saturated rings. The summed E-state index contributed by atoms with van der Waals surface area (Å²) in [6, 6.07) is 18.8. The number of nitrogens with zero attached hydrogens (tertiary/aromatic N) is 2. The number of nitro groups is 1. The first-order chi connectivity index (χ1) is 16.6. The van der Waals surface area contributed by atoms with Crippen molar-refractivity contribution >= 4 is 22.4 Å². The van der Waals surface area contributed by atoms with E-state index in [0.717, 1.165) is 53.5 Å². The Morgan fingerprint density at radius 1 is 1.15 bits per heavy atom. The largest absolute Gasteiger partial charge is 0.492 e. The van der Waals surface area contributed by atoms with Crippen molar-refractivity contribution in [3.63, 3.8) is 0 Å². The number of esters is 1. The number of methoxy groups -OCH3 is 1. The van der Waals surface area contributed by atoms with Crippen LogP contribution in [0.1, 0.15) is 42.3 Å². The van der Waals surface area contributed by atoms with Crippen LogP contribution in [0.4, 0.5) is 5.69 Å². The Bertz CT molecular complexity index is 1310. The quantitative estimate of drug-likeness (QED) is 0.312. The average molecular weight is 459 g/mol. The van der Waals surface area contributed by atoms with Crippen LogP contribution in [0.25, 0.3) is 10.8 Å². The van der Waals surface area contributed by atoms with E-state index in [2.05, 4.69) is 23.1 Å². The van der Waals surface area contributed by atoms with E-state index < -0.39 is 5.41 Å². The molecule has 174 valence electrons. The van der Waals surface area contributed by atoms with Crippen LogP contribution in [0.5, 0.6) is 5.75 Å². The standard InChI is InChI=1S/C27H26N2O5/c1-33-26(30)27-16-34-22-13-12-17-7-2-3-10-20(17)23(22)25(27)28-14-5-4-11-21(28)24(27)18-8-6-9-19(15-18)29(31)32/h2-3,6-10,12-13,15,21,24-25H,4-5,11,14,16H2,1H3/t21-,24-,25-,27+/m1/s1. The summed E-state index contributed by atoms with van der Waals surface area (Å²) in [5, 5.41) is 13.8. The van der Waals surface area contributed by atoms with E-state index in [1.54, 1.807) is 12.1 Å². The van der Waals surface area contributed by atoms with E-state index in [9.17, 15) is 14.9 Å². The predicted molar refractivity (Wildman–Crippen MR) is 127 cm³/mol. The number of hydrogen-bond acceptors (Lipinski definition) is 6. The third-order valence-electron chi connectivity index (χ3n) is 8.03. The Labute approximate surface area is 197 Å². The van der Waals surface area contributed by atoms with Crippen molar-refractivity contribution in [2.24, 2.45) is 5.41 Å². The van der Waals surface area contributed by atoms with Gasteiger partial charge in [-0.05, 0) is 41.8 Å². The summed E-state index contributed by atoms with van der Waals surface area (Å²) >= 11 is 0. The molecule has 34 heavy (non-hydrogen) atoms. The van der Waals surface area contributed by atoms with E-state index in [4.69, 9.17) is 9.47 Å². The van der Waals surface area contributed by atoms with Gasteiger partial charge in [-0.15, -0.1) is 0 Å². The average Bonchev–Trinajstić information content (AvgIpc) is 3.19. The maximum Gasteiger partial charge on any atom is 0.317 e. The lowest BCUT2D eigenvalue weighted by atomic mass is 9.65. The Morgan fingerprint density at radius 2 is 2.00 bits per heavy atom. The van der Waals surface area contributed by atoms with Gasteiger partial charge in [-0.2, -0.15) is 0 Å². The minimum Gasteiger partial charge on any atom is -0.492 e. The molecular formula is C27H26N2O5. The number of ether oxygens (including phenoxy) is 2. The number of fused-ring (bicyclic) bond motifs is 7. The van der Waals surface area contributed by atoms with Crippen LogP contribution in [0.3, 0.4) is 0 Å². The summed E-state index contributed by atoms with van der Waals surface area (Å²) < 4.78 is 11.8. The topological polar surface area (TPSA) is 81.9 Å². The van der Waals surface area contributed by atoms with Crippen molar-refractivity contribution in [1.29, 1.82) is 0 Å². The van der Waals surface area contributed by atoms with Gasteiger partial charge in [0.05, 0.1) is 18.1 Å². The Morgan fingerprint density at radius 3 is 2.82 bits per heavy atom. The zero-order valence-corrected chi connectivity index (χ0v) is 19.0. The number of rotatable bonds is 3. The molecule has 0 unspecified atom stereocenters. The highest BCUT2D eigenvalue weighted by Gasteiger charge is 2.67. The molecule has 0 aliphatic carbocycles. The first-order valence-corrected chi connectivity index (χ1v) is 11.8. The molecule has 0 N–H and O–H groups in total. The fourth-order valence-corrected chi connectivity index (χ4v) is 6.78. The summed E-state index contributed by atoms with van der Waals surface area (Å²) in [6.45, 7) is 1.04. The van der Waals surface area contributed by atoms with Gasteiger partial charge in [0.25, 0.3) is 5.69 Å². The van der Waals surface area contributed by atoms with Crippen molar-refractivity contribution in [2.45, 2.75) is 37.3 Å². The smallest absolute Gasteiger partial charge is 0.317 e. The molecule has 7 heteroatoms. The minimum atomic E-state index is -1.00. The molecule has 7 nitrogen and oxygen atoms in total. The van der Waals surface area contributed by atoms with Gasteiger partial charge in [-0.25, -0.2) is 0 Å². The second kappa shape index (κ2) is 7.81. The number of nitro benzene ring substituents is 1. The van der Waals surface area contributed by atoms with Gasteiger partial charge in [-0.1, -0.05) is 48.9 Å². The van der Waals surface area contributed by atoms with Gasteiger partial charge >= 0.3 is 5.97 Å². The molecule has 0 amide bonds. The van der Waals surface area contributed by atoms with Crippen LogP contribution in [-0.2, 0) is 9.53 Å². The van der Waals surface area contributed by atoms with E-state index in [-0.39, 0.29) is 41.2 Å². The molecule has 3 aliphatic heterocycles. The summed E-state index contributed by atoms with van der Waals surface area (Å²) in [4.78, 5) is 27.5. The molecule has 3 aromatic carbocycles. The summed E-state index contributed by atoms with van der Waals surface area (Å²) in [7, 11) is 1.43. The molecule has 3 aliphatic rings. The van der Waals surface area contributed by atoms with Crippen LogP contribution in [-0.4, -0.2) is 42.1 Å². The summed E-state index contributed by atoms with van der Waals surface area (Å²) in [5.74, 6) is 0.200. The van der Waals surface area contributed by atoms with Crippen LogP contribution in [0.2, 0.25) is 0 Å². The molecular weight excluding hydrogens is 432 g/mol. The van der Waals surface area contributed by atoms with E-state index in [0.29, 0.717) is 0 Å². The number of hydrogen-bond donors (Lipinski definition) is 0. The highest BCUT2D eigenvalue weighted by molar-refractivity contribution is 5.91. The van der Waals surface area contributed by atoms with Gasteiger partial charge in [0.15, 0.2) is 0 Å². The monoisotopic (exact) mass is 458 g/mol. The van der Waals surface area contributed by atoms with Crippen LogP contribution < -0.4 is 4.74 Å². The molecule has 0 bridgehead atoms. The summed E-state index contributed by atoms with van der Waals surface area (Å²) in [5.41, 5.74) is 0.850. The SMILES string of the molecule is COC(=O)[C@]12COc3ccc4ccccc4c3[C@H]1N1CCCC[C@@H]1[C@H]2c1cccc([N+](=O)[O-])c1. The van der Waals surface area contributed by atoms with Crippen LogP contribution in [0, 0.1) is 15.5 Å². The lowest BCUT2D eigenvalue weighted by Gasteiger charge is -2.43. The minimum absolute atomic E-state index is 0.0332. The molecule has 3 heterocycles. The molecule has 0 saturated carbocycles. The van der Waals surface area contributed by atoms with E-state index >= 15 is 0 Å². The Hall–Kier alpha value is -3.45. The van der Waals surface area contributed by atoms with Crippen molar-refractivity contribution in [3.05, 3.63) is 81.9 Å². The lowest BCUT2D eigenvalue weighted by Crippen LogP contribution is -2.48. The normalized spacial score (nSPS) is 27.9. The number of piperidine rings is 1. The second-order valence-corrected chi connectivity index (χ2v) is 9.55. The van der Waals surface area contributed by atoms with Crippen molar-refractivity contribution in [3.8, 4) is 5.75 Å². The van der Waals surface area contributed by atoms with Gasteiger partial charge in [0.1, 0.15) is 17.8 Å². The number of benzene rings is 3. The number of carbonyl (C=O) groups is 1. The highest BCUT2D eigenvalue weighted by atomic mass is 16.6. The maximum absolute atomic E-state index is 13.8. The second-order valence-electron chi connectivity index (χ2n) is 9.55. The first-order valence-electron chi connectivity index (χ1n) is 11.8. The van der Waals surface area contributed by atoms with Crippen molar-refractivity contribution < 1.29 is 19.2 Å². The molecule has 4 atom stereocenters. The molecule has 0 radical (unpaired) electrons. The van der Waals surface area contributed by atoms with E-state index in [1.807, 2.05) is 24.3 Å². The van der Waals surface area contributed by atoms with E-state index in [1.165, 1.54) is 13.2 Å². The predicted octanol–water partition coefficient (Wildman–Crippen LogP) is 4.99. The van der Waals surface area contributed by atoms with Crippen molar-refractivity contribution in [2.75, 3.05) is 20.3 Å². The van der Waals surface area contributed by atoms with Gasteiger partial charge in [0.2, 0.25) is 0 Å². The molecule has 0 spiro atoms. The molecule has 2 saturated heterocycles. The number of non-ortho nitro benzene ring substituents is 1. The molecule has 3 aromatic rings. The Balaban J connectivity index is 1.64. The van der Waals surface area contributed by atoms with Crippen LogP contribution in [0.15, 0.2) is 60.7 Å². The summed E-state index contributed by atoms with van der Waals surface area (Å²) in [6.07, 6.45) is 3.02. The third-order valence-corrected chi connectivity index (χ3v) is 8.03. The van der Waals surface area contributed by atoms with Gasteiger partial charge < -0.3 is 9.47 Å². The highest BCUT2D eigenvalue weighted by Crippen LogP contribution is 2.64.